The van der Waals surface area contributed by atoms with Crippen LogP contribution in [0.1, 0.15) is 40.0 Å². The quantitative estimate of drug-likeness (QED) is 0.747. The first-order valence-corrected chi connectivity index (χ1v) is 8.37. The SMILES string of the molecule is CSCCC(=O)OC1CCN(C(=O)OC(C)(C)C)CC1. The summed E-state index contributed by atoms with van der Waals surface area (Å²) in [6, 6.07) is 0. The van der Waals surface area contributed by atoms with Crippen LogP contribution in [0.3, 0.4) is 0 Å². The molecule has 5 nitrogen and oxygen atoms in total. The average molecular weight is 303 g/mol. The highest BCUT2D eigenvalue weighted by Crippen LogP contribution is 2.18. The van der Waals surface area contributed by atoms with Crippen LogP contribution in [0.25, 0.3) is 0 Å². The van der Waals surface area contributed by atoms with Crippen molar-refractivity contribution < 1.29 is 19.1 Å². The zero-order valence-electron chi connectivity index (χ0n) is 12.8. The van der Waals surface area contributed by atoms with Crippen LogP contribution in [0.2, 0.25) is 0 Å². The number of hydrogen-bond donors (Lipinski definition) is 0. The number of likely N-dealkylation sites (tertiary alicyclic amines) is 1. The summed E-state index contributed by atoms with van der Waals surface area (Å²) >= 11 is 1.63. The van der Waals surface area contributed by atoms with Crippen molar-refractivity contribution in [2.45, 2.75) is 51.7 Å². The number of hydrogen-bond acceptors (Lipinski definition) is 5. The summed E-state index contributed by atoms with van der Waals surface area (Å²) in [5.74, 6) is 0.644. The van der Waals surface area contributed by atoms with Crippen molar-refractivity contribution in [3.05, 3.63) is 0 Å². The van der Waals surface area contributed by atoms with Gasteiger partial charge in [0.1, 0.15) is 11.7 Å². The van der Waals surface area contributed by atoms with Crippen molar-refractivity contribution in [1.82, 2.24) is 4.90 Å². The molecule has 0 N–H and O–H groups in total. The van der Waals surface area contributed by atoms with Crippen LogP contribution in [-0.2, 0) is 14.3 Å². The number of amides is 1. The summed E-state index contributed by atoms with van der Waals surface area (Å²) in [6.07, 6.45) is 3.43. The van der Waals surface area contributed by atoms with Crippen LogP contribution in [0.4, 0.5) is 4.79 Å². The highest BCUT2D eigenvalue weighted by Gasteiger charge is 2.28. The Hall–Kier alpha value is -0.910. The van der Waals surface area contributed by atoms with Crippen molar-refractivity contribution in [3.8, 4) is 0 Å². The second kappa shape index (κ2) is 7.76. The molecule has 0 aromatic carbocycles. The number of nitrogens with zero attached hydrogens (tertiary/aromatic N) is 1. The number of piperidine rings is 1. The molecular formula is C14H25NO4S. The third-order valence-corrected chi connectivity index (χ3v) is 3.51. The molecule has 1 aliphatic heterocycles. The second-order valence-electron chi connectivity index (χ2n) is 5.90. The molecule has 0 aromatic rings. The van der Waals surface area contributed by atoms with Gasteiger partial charge in [-0.05, 0) is 27.0 Å². The van der Waals surface area contributed by atoms with Gasteiger partial charge in [0.15, 0.2) is 0 Å². The summed E-state index contributed by atoms with van der Waals surface area (Å²) in [6.45, 7) is 6.71. The van der Waals surface area contributed by atoms with Crippen molar-refractivity contribution in [1.29, 1.82) is 0 Å². The standard InChI is InChI=1S/C14H25NO4S/c1-14(2,3)19-13(17)15-8-5-11(6-9-15)18-12(16)7-10-20-4/h11H,5-10H2,1-4H3. The molecule has 0 aliphatic carbocycles. The molecule has 1 rings (SSSR count). The van der Waals surface area contributed by atoms with Gasteiger partial charge in [-0.25, -0.2) is 4.79 Å². The Labute approximate surface area is 125 Å². The Morgan fingerprint density at radius 3 is 2.35 bits per heavy atom. The van der Waals surface area contributed by atoms with E-state index in [9.17, 15) is 9.59 Å². The minimum atomic E-state index is -0.474. The molecule has 20 heavy (non-hydrogen) atoms. The Bertz CT molecular complexity index is 333. The van der Waals surface area contributed by atoms with Gasteiger partial charge in [-0.3, -0.25) is 4.79 Å². The fourth-order valence-electron chi connectivity index (χ4n) is 1.91. The molecule has 0 saturated carbocycles. The zero-order chi connectivity index (χ0) is 15.2. The predicted molar refractivity (Wildman–Crippen MR) is 79.9 cm³/mol. The summed E-state index contributed by atoms with van der Waals surface area (Å²) in [4.78, 5) is 25.1. The van der Waals surface area contributed by atoms with Gasteiger partial charge in [0, 0.05) is 31.7 Å². The smallest absolute Gasteiger partial charge is 0.410 e. The lowest BCUT2D eigenvalue weighted by atomic mass is 10.1. The maximum atomic E-state index is 11.9. The van der Waals surface area contributed by atoms with E-state index in [2.05, 4.69) is 0 Å². The van der Waals surface area contributed by atoms with Crippen molar-refractivity contribution in [3.63, 3.8) is 0 Å². The van der Waals surface area contributed by atoms with Crippen molar-refractivity contribution in [2.75, 3.05) is 25.1 Å². The normalized spacial score (nSPS) is 16.9. The molecule has 6 heteroatoms. The maximum absolute atomic E-state index is 11.9. The lowest BCUT2D eigenvalue weighted by molar-refractivity contribution is -0.150. The molecule has 0 spiro atoms. The molecule has 0 bridgehead atoms. The lowest BCUT2D eigenvalue weighted by Crippen LogP contribution is -2.43. The third kappa shape index (κ3) is 6.50. The summed E-state index contributed by atoms with van der Waals surface area (Å²) in [5, 5.41) is 0. The van der Waals surface area contributed by atoms with E-state index < -0.39 is 5.60 Å². The van der Waals surface area contributed by atoms with Gasteiger partial charge in [-0.2, -0.15) is 11.8 Å². The largest absolute Gasteiger partial charge is 0.462 e. The van der Waals surface area contributed by atoms with Gasteiger partial charge in [-0.15, -0.1) is 0 Å². The predicted octanol–water partition coefficient (Wildman–Crippen LogP) is 2.68. The fourth-order valence-corrected chi connectivity index (χ4v) is 2.28. The Morgan fingerprint density at radius 1 is 1.25 bits per heavy atom. The Kier molecular flexibility index (Phi) is 6.65. The molecule has 0 atom stereocenters. The second-order valence-corrected chi connectivity index (χ2v) is 6.89. The Morgan fingerprint density at radius 2 is 1.85 bits per heavy atom. The third-order valence-electron chi connectivity index (χ3n) is 2.90. The van der Waals surface area contributed by atoms with Crippen LogP contribution >= 0.6 is 11.8 Å². The van der Waals surface area contributed by atoms with E-state index in [0.29, 0.717) is 32.4 Å². The first-order chi connectivity index (χ1) is 9.31. The molecule has 1 heterocycles. The molecule has 1 fully saturated rings. The highest BCUT2D eigenvalue weighted by atomic mass is 32.2. The average Bonchev–Trinajstić information content (AvgIpc) is 2.35. The maximum Gasteiger partial charge on any atom is 0.410 e. The van der Waals surface area contributed by atoms with Gasteiger partial charge < -0.3 is 14.4 Å². The van der Waals surface area contributed by atoms with Gasteiger partial charge in [-0.1, -0.05) is 0 Å². The van der Waals surface area contributed by atoms with E-state index in [1.54, 1.807) is 16.7 Å². The molecule has 0 radical (unpaired) electrons. The monoisotopic (exact) mass is 303 g/mol. The van der Waals surface area contributed by atoms with E-state index in [4.69, 9.17) is 9.47 Å². The minimum Gasteiger partial charge on any atom is -0.462 e. The summed E-state index contributed by atoms with van der Waals surface area (Å²) < 4.78 is 10.7. The van der Waals surface area contributed by atoms with Crippen LogP contribution in [0.5, 0.6) is 0 Å². The molecular weight excluding hydrogens is 278 g/mol. The van der Waals surface area contributed by atoms with Crippen LogP contribution in [-0.4, -0.2) is 53.8 Å². The van der Waals surface area contributed by atoms with Crippen LogP contribution < -0.4 is 0 Å². The van der Waals surface area contributed by atoms with Gasteiger partial charge in [0.05, 0.1) is 6.42 Å². The summed E-state index contributed by atoms with van der Waals surface area (Å²) in [7, 11) is 0. The molecule has 1 amide bonds. The molecule has 1 aliphatic rings. The van der Waals surface area contributed by atoms with E-state index >= 15 is 0 Å². The number of carbonyl (C=O) groups excluding carboxylic acids is 2. The first-order valence-electron chi connectivity index (χ1n) is 6.98. The first kappa shape index (κ1) is 17.1. The fraction of sp³-hybridized carbons (Fsp3) is 0.857. The Balaban J connectivity index is 2.29. The van der Waals surface area contributed by atoms with E-state index in [0.717, 1.165) is 5.75 Å². The summed E-state index contributed by atoms with van der Waals surface area (Å²) in [5.41, 5.74) is -0.474. The molecule has 116 valence electrons. The van der Waals surface area contributed by atoms with E-state index in [1.807, 2.05) is 27.0 Å². The van der Waals surface area contributed by atoms with Gasteiger partial charge in [0.2, 0.25) is 0 Å². The van der Waals surface area contributed by atoms with E-state index in [1.165, 1.54) is 0 Å². The number of rotatable bonds is 4. The molecule has 0 unspecified atom stereocenters. The topological polar surface area (TPSA) is 55.8 Å². The van der Waals surface area contributed by atoms with Crippen molar-refractivity contribution in [2.24, 2.45) is 0 Å². The van der Waals surface area contributed by atoms with E-state index in [-0.39, 0.29) is 18.2 Å². The van der Waals surface area contributed by atoms with Crippen LogP contribution in [0.15, 0.2) is 0 Å². The molecule has 0 aromatic heterocycles. The van der Waals surface area contributed by atoms with Gasteiger partial charge >= 0.3 is 12.1 Å². The van der Waals surface area contributed by atoms with Crippen LogP contribution in [0, 0.1) is 0 Å². The number of ether oxygens (including phenoxy) is 2. The van der Waals surface area contributed by atoms with Crippen molar-refractivity contribution >= 4 is 23.8 Å². The minimum absolute atomic E-state index is 0.0666. The lowest BCUT2D eigenvalue weighted by Gasteiger charge is -2.33. The highest BCUT2D eigenvalue weighted by molar-refractivity contribution is 7.98. The van der Waals surface area contributed by atoms with Gasteiger partial charge in [0.25, 0.3) is 0 Å². The number of thioether (sulfide) groups is 1. The number of carbonyl (C=O) groups is 2. The molecule has 1 saturated heterocycles. The zero-order valence-corrected chi connectivity index (χ0v) is 13.6. The number of esters is 1.